The van der Waals surface area contributed by atoms with Crippen LogP contribution in [0.3, 0.4) is 0 Å². The Balaban J connectivity index is 0.00000280. The van der Waals surface area contributed by atoms with Gasteiger partial charge in [-0.15, -0.1) is 0 Å². The fourth-order valence-electron chi connectivity index (χ4n) is 2.57. The van der Waals surface area contributed by atoms with E-state index >= 15 is 0 Å². The molecule has 7 nitrogen and oxygen atoms in total. The van der Waals surface area contributed by atoms with Gasteiger partial charge in [0.1, 0.15) is 22.3 Å². The summed E-state index contributed by atoms with van der Waals surface area (Å²) < 4.78 is 32.8. The molecule has 2 aromatic carbocycles. The van der Waals surface area contributed by atoms with Gasteiger partial charge in [-0.2, -0.15) is 0 Å². The Bertz CT molecular complexity index is 1050. The maximum atomic E-state index is 12.2. The van der Waals surface area contributed by atoms with E-state index in [1.807, 2.05) is 30.3 Å². The molecule has 1 aromatic heterocycles. The van der Waals surface area contributed by atoms with Crippen LogP contribution in [0.5, 0.6) is 0 Å². The molecule has 3 aromatic rings. The molecule has 28 heavy (non-hydrogen) atoms. The monoisotopic (exact) mass is 408 g/mol. The van der Waals surface area contributed by atoms with Crippen LogP contribution in [0.4, 0.5) is 0 Å². The van der Waals surface area contributed by atoms with Crippen molar-refractivity contribution in [3.63, 3.8) is 0 Å². The summed E-state index contributed by atoms with van der Waals surface area (Å²) >= 11 is 0. The van der Waals surface area contributed by atoms with E-state index < -0.39 is 15.9 Å². The van der Waals surface area contributed by atoms with Gasteiger partial charge < -0.3 is 19.1 Å². The Morgan fingerprint density at radius 2 is 1.71 bits per heavy atom. The molecule has 0 aliphatic rings. The first kappa shape index (κ1) is 22.3. The average molecular weight is 408 g/mol. The summed E-state index contributed by atoms with van der Waals surface area (Å²) in [7, 11) is -4.05. The predicted octanol–water partition coefficient (Wildman–Crippen LogP) is 0.504. The van der Waals surface area contributed by atoms with E-state index in [9.17, 15) is 18.3 Å². The number of aliphatic hydroxyl groups excluding tert-OH is 1. The van der Waals surface area contributed by atoms with Crippen LogP contribution in [0.1, 0.15) is 19.1 Å². The fraction of sp³-hybridized carbons (Fsp3) is 0.158. The molecule has 0 saturated heterocycles. The van der Waals surface area contributed by atoms with Crippen molar-refractivity contribution in [1.82, 2.24) is 5.16 Å². The summed E-state index contributed by atoms with van der Waals surface area (Å²) in [5.41, 5.74) is 2.55. The van der Waals surface area contributed by atoms with E-state index in [2.05, 4.69) is 9.88 Å². The van der Waals surface area contributed by atoms with Gasteiger partial charge in [-0.1, -0.05) is 54.5 Å². The van der Waals surface area contributed by atoms with Crippen LogP contribution < -0.4 is 29.6 Å². The Hall–Kier alpha value is -1.97. The molecular weight excluding hydrogens is 391 g/mol. The molecule has 0 saturated carbocycles. The number of sulfonamides is 1. The van der Waals surface area contributed by atoms with Gasteiger partial charge in [0.05, 0.1) is 16.4 Å². The number of rotatable bonds is 6. The van der Waals surface area contributed by atoms with Gasteiger partial charge in [0.15, 0.2) is 5.76 Å². The van der Waals surface area contributed by atoms with Crippen molar-refractivity contribution < 1.29 is 52.4 Å². The van der Waals surface area contributed by atoms with Crippen molar-refractivity contribution in [2.45, 2.75) is 24.8 Å². The maximum absolute atomic E-state index is 12.2. The minimum atomic E-state index is -4.05. The zero-order valence-electron chi connectivity index (χ0n) is 15.5. The van der Waals surface area contributed by atoms with E-state index in [0.29, 0.717) is 16.8 Å². The Labute approximate surface area is 185 Å². The molecular formula is C19H17N2NaO5S. The number of aromatic nitrogens is 1. The zero-order valence-corrected chi connectivity index (χ0v) is 18.3. The SMILES string of the molecule is CCC(=O)[N-]S(=O)(=O)c1ccc(-c2c(-c3ccccc3)noc2CO)cc1.[Na+]. The molecule has 0 fully saturated rings. The van der Waals surface area contributed by atoms with Gasteiger partial charge in [-0.05, 0) is 24.1 Å². The minimum absolute atomic E-state index is 0. The summed E-state index contributed by atoms with van der Waals surface area (Å²) in [6.07, 6.45) is 0.0122. The first-order chi connectivity index (χ1) is 13.0. The molecule has 9 heteroatoms. The first-order valence-corrected chi connectivity index (χ1v) is 9.66. The van der Waals surface area contributed by atoms with Crippen molar-refractivity contribution in [2.24, 2.45) is 0 Å². The quantitative estimate of drug-likeness (QED) is 0.595. The number of hydrogen-bond donors (Lipinski definition) is 1. The number of carbonyl (C=O) groups excluding carboxylic acids is 1. The van der Waals surface area contributed by atoms with Crippen LogP contribution in [-0.2, 0) is 21.4 Å². The van der Waals surface area contributed by atoms with Gasteiger partial charge in [0, 0.05) is 5.56 Å². The van der Waals surface area contributed by atoms with Gasteiger partial charge in [0.25, 0.3) is 0 Å². The molecule has 0 unspecified atom stereocenters. The summed E-state index contributed by atoms with van der Waals surface area (Å²) in [6.45, 7) is 1.19. The van der Waals surface area contributed by atoms with Gasteiger partial charge in [0.2, 0.25) is 0 Å². The number of amides is 1. The summed E-state index contributed by atoms with van der Waals surface area (Å²) in [6, 6.07) is 15.2. The summed E-state index contributed by atoms with van der Waals surface area (Å²) in [5, 5.41) is 13.6. The van der Waals surface area contributed by atoms with Crippen LogP contribution in [0, 0.1) is 0 Å². The van der Waals surface area contributed by atoms with Crippen LogP contribution in [0.2, 0.25) is 0 Å². The van der Waals surface area contributed by atoms with E-state index in [1.165, 1.54) is 19.1 Å². The van der Waals surface area contributed by atoms with E-state index in [1.54, 1.807) is 12.1 Å². The molecule has 0 aliphatic heterocycles. The molecule has 0 bridgehead atoms. The molecule has 140 valence electrons. The van der Waals surface area contributed by atoms with Crippen molar-refractivity contribution in [3.05, 3.63) is 65.1 Å². The van der Waals surface area contributed by atoms with Crippen molar-refractivity contribution >= 4 is 15.9 Å². The van der Waals surface area contributed by atoms with E-state index in [0.717, 1.165) is 5.56 Å². The molecule has 1 heterocycles. The fourth-order valence-corrected chi connectivity index (χ4v) is 3.55. The van der Waals surface area contributed by atoms with Crippen LogP contribution in [-0.4, -0.2) is 24.6 Å². The summed E-state index contributed by atoms with van der Waals surface area (Å²) in [5.74, 6) is -0.428. The molecule has 0 radical (unpaired) electrons. The van der Waals surface area contributed by atoms with Gasteiger partial charge in [-0.3, -0.25) is 0 Å². The van der Waals surface area contributed by atoms with Crippen molar-refractivity contribution in [1.29, 1.82) is 0 Å². The molecule has 1 amide bonds. The third kappa shape index (κ3) is 4.71. The number of benzene rings is 2. The van der Waals surface area contributed by atoms with Crippen molar-refractivity contribution in [2.75, 3.05) is 0 Å². The van der Waals surface area contributed by atoms with E-state index in [4.69, 9.17) is 4.52 Å². The van der Waals surface area contributed by atoms with Gasteiger partial charge in [-0.25, -0.2) is 8.42 Å². The maximum Gasteiger partial charge on any atom is 1.00 e. The second kappa shape index (κ2) is 9.49. The van der Waals surface area contributed by atoms with Crippen LogP contribution in [0.15, 0.2) is 64.0 Å². The number of nitrogens with zero attached hydrogens (tertiary/aromatic N) is 2. The van der Waals surface area contributed by atoms with Crippen LogP contribution >= 0.6 is 0 Å². The first-order valence-electron chi connectivity index (χ1n) is 8.22. The Morgan fingerprint density at radius 1 is 1.07 bits per heavy atom. The number of aliphatic hydroxyl groups is 1. The molecule has 1 N–H and O–H groups in total. The second-order valence-electron chi connectivity index (χ2n) is 5.69. The smallest absolute Gasteiger partial charge is 0.542 e. The largest absolute Gasteiger partial charge is 1.00 e. The normalized spacial score (nSPS) is 10.9. The standard InChI is InChI=1S/C19H18N2O5S.Na/c1-2-17(23)21-27(24,25)15-10-8-13(9-11-15)18-16(12-22)26-20-19(18)14-6-4-3-5-7-14;/h3-11,22H,2,12H2,1H3,(H,21,23);/q;+1/p-1. The minimum Gasteiger partial charge on any atom is -0.542 e. The molecule has 3 rings (SSSR count). The van der Waals surface area contributed by atoms with Crippen LogP contribution in [0.25, 0.3) is 27.1 Å². The number of carbonyl (C=O) groups is 1. The summed E-state index contributed by atoms with van der Waals surface area (Å²) in [4.78, 5) is 11.3. The topological polar surface area (TPSA) is 112 Å². The van der Waals surface area contributed by atoms with E-state index in [-0.39, 0.29) is 53.2 Å². The predicted molar refractivity (Wildman–Crippen MR) is 99.1 cm³/mol. The molecule has 0 aliphatic carbocycles. The zero-order chi connectivity index (χ0) is 19.4. The molecule has 0 atom stereocenters. The second-order valence-corrected chi connectivity index (χ2v) is 7.30. The molecule has 0 spiro atoms. The Kier molecular flexibility index (Phi) is 7.56. The number of hydrogen-bond acceptors (Lipinski definition) is 6. The Morgan fingerprint density at radius 3 is 2.29 bits per heavy atom. The third-order valence-corrected chi connectivity index (χ3v) is 5.23. The van der Waals surface area contributed by atoms with Gasteiger partial charge >= 0.3 is 29.6 Å². The third-order valence-electron chi connectivity index (χ3n) is 3.92. The van der Waals surface area contributed by atoms with Crippen molar-refractivity contribution in [3.8, 4) is 22.4 Å². The average Bonchev–Trinajstić information content (AvgIpc) is 3.12.